The van der Waals surface area contributed by atoms with Gasteiger partial charge in [0, 0.05) is 12.5 Å². The van der Waals surface area contributed by atoms with Crippen molar-refractivity contribution in [3.05, 3.63) is 77.6 Å². The summed E-state index contributed by atoms with van der Waals surface area (Å²) >= 11 is 0. The van der Waals surface area contributed by atoms with Crippen molar-refractivity contribution in [1.29, 1.82) is 0 Å². The Morgan fingerprint density at radius 1 is 0.865 bits per heavy atom. The van der Waals surface area contributed by atoms with Gasteiger partial charge in [-0.2, -0.15) is 0 Å². The number of carboxylic acids is 1. The fourth-order valence-corrected chi connectivity index (χ4v) is 3.46. The van der Waals surface area contributed by atoms with E-state index in [4.69, 9.17) is 0 Å². The van der Waals surface area contributed by atoms with Crippen LogP contribution < -0.4 is 16.0 Å². The first-order valence-electron chi connectivity index (χ1n) is 11.8. The monoisotopic (exact) mass is 513 g/mol. The van der Waals surface area contributed by atoms with Gasteiger partial charge in [-0.15, -0.1) is 0 Å². The van der Waals surface area contributed by atoms with Crippen LogP contribution in [0, 0.1) is 11.7 Å². The molecule has 0 aliphatic carbocycles. The van der Waals surface area contributed by atoms with Gasteiger partial charge in [0.2, 0.25) is 17.7 Å². The molecule has 9 nitrogen and oxygen atoms in total. The molecule has 2 aromatic rings. The van der Waals surface area contributed by atoms with E-state index in [1.807, 2.05) is 0 Å². The molecule has 3 amide bonds. The van der Waals surface area contributed by atoms with Gasteiger partial charge in [-0.25, -0.2) is 9.18 Å². The Morgan fingerprint density at radius 2 is 1.46 bits per heavy atom. The molecule has 0 spiro atoms. The van der Waals surface area contributed by atoms with E-state index in [0.717, 1.165) is 5.56 Å². The van der Waals surface area contributed by atoms with Crippen LogP contribution in [0.15, 0.2) is 60.7 Å². The highest BCUT2D eigenvalue weighted by molar-refractivity contribution is 5.97. The number of aliphatic hydroxyl groups excluding tert-OH is 1. The summed E-state index contributed by atoms with van der Waals surface area (Å²) in [5.74, 6) is -3.86. The van der Waals surface area contributed by atoms with E-state index in [1.165, 1.54) is 36.4 Å². The Hall–Kier alpha value is -4.05. The van der Waals surface area contributed by atoms with E-state index < -0.39 is 54.2 Å². The van der Waals surface area contributed by atoms with E-state index in [9.17, 15) is 33.8 Å². The second-order valence-corrected chi connectivity index (χ2v) is 8.91. The average molecular weight is 514 g/mol. The van der Waals surface area contributed by atoms with Gasteiger partial charge in [0.25, 0.3) is 0 Å². The molecule has 0 unspecified atom stereocenters. The number of carboxylic acid groups (broad SMARTS) is 1. The molecular formula is C27H32FN3O6. The molecule has 0 bridgehead atoms. The Morgan fingerprint density at radius 3 is 2.03 bits per heavy atom. The molecule has 0 saturated heterocycles. The maximum atomic E-state index is 13.1. The van der Waals surface area contributed by atoms with Crippen molar-refractivity contribution in [2.45, 2.75) is 44.8 Å². The summed E-state index contributed by atoms with van der Waals surface area (Å²) in [5, 5.41) is 26.4. The number of rotatable bonds is 13. The van der Waals surface area contributed by atoms with Crippen molar-refractivity contribution in [3.63, 3.8) is 0 Å². The minimum Gasteiger partial charge on any atom is -0.480 e. The van der Waals surface area contributed by atoms with Crippen molar-refractivity contribution < 1.29 is 33.8 Å². The highest BCUT2D eigenvalue weighted by Crippen LogP contribution is 2.08. The molecule has 37 heavy (non-hydrogen) atoms. The van der Waals surface area contributed by atoms with Gasteiger partial charge >= 0.3 is 5.97 Å². The first kappa shape index (κ1) is 29.2. The maximum absolute atomic E-state index is 13.1. The molecule has 0 heterocycles. The maximum Gasteiger partial charge on any atom is 0.326 e. The summed E-state index contributed by atoms with van der Waals surface area (Å²) in [6.45, 7) is 2.83. The quantitative estimate of drug-likeness (QED) is 0.258. The molecule has 2 aromatic carbocycles. The zero-order valence-electron chi connectivity index (χ0n) is 20.7. The molecule has 10 heteroatoms. The van der Waals surface area contributed by atoms with Gasteiger partial charge in [0.1, 0.15) is 23.9 Å². The number of hydrogen-bond acceptors (Lipinski definition) is 5. The minimum absolute atomic E-state index is 0.0167. The molecule has 198 valence electrons. The number of aliphatic carboxylic acids is 1. The number of carbonyl (C=O) groups excluding carboxylic acids is 3. The van der Waals surface area contributed by atoms with Crippen molar-refractivity contribution >= 4 is 29.8 Å². The Kier molecular flexibility index (Phi) is 11.4. The SMILES string of the molecule is CC(C)C[C@H](NC(=O)[C@H](CO)NC(=O)[C@H](Cc1ccccc1)NC(=O)/C=C/c1ccc(F)cc1)C(=O)O. The number of aliphatic hydroxyl groups is 1. The number of amides is 3. The van der Waals surface area contributed by atoms with E-state index in [1.54, 1.807) is 44.2 Å². The fraction of sp³-hybridized carbons (Fsp3) is 0.333. The zero-order chi connectivity index (χ0) is 27.4. The summed E-state index contributed by atoms with van der Waals surface area (Å²) < 4.78 is 13.1. The Balaban J connectivity index is 2.13. The van der Waals surface area contributed by atoms with Crippen LogP contribution in [0.5, 0.6) is 0 Å². The summed E-state index contributed by atoms with van der Waals surface area (Å²) in [6.07, 6.45) is 2.91. The van der Waals surface area contributed by atoms with Gasteiger partial charge in [0.05, 0.1) is 6.61 Å². The van der Waals surface area contributed by atoms with Crippen LogP contribution in [0.25, 0.3) is 6.08 Å². The lowest BCUT2D eigenvalue weighted by molar-refractivity contribution is -0.143. The van der Waals surface area contributed by atoms with Gasteiger partial charge < -0.3 is 26.2 Å². The normalized spacial score (nSPS) is 13.5. The van der Waals surface area contributed by atoms with Gasteiger partial charge in [0.15, 0.2) is 0 Å². The highest BCUT2D eigenvalue weighted by atomic mass is 19.1. The van der Waals surface area contributed by atoms with Crippen molar-refractivity contribution in [2.24, 2.45) is 5.92 Å². The number of hydrogen-bond donors (Lipinski definition) is 5. The van der Waals surface area contributed by atoms with E-state index >= 15 is 0 Å². The molecule has 0 saturated carbocycles. The topological polar surface area (TPSA) is 145 Å². The second kappa shape index (κ2) is 14.5. The third kappa shape index (κ3) is 10.2. The van der Waals surface area contributed by atoms with Crippen LogP contribution in [-0.2, 0) is 25.6 Å². The number of carbonyl (C=O) groups is 4. The van der Waals surface area contributed by atoms with Crippen LogP contribution in [0.3, 0.4) is 0 Å². The third-order valence-corrected chi connectivity index (χ3v) is 5.35. The predicted octanol–water partition coefficient (Wildman–Crippen LogP) is 1.66. The van der Waals surface area contributed by atoms with Crippen LogP contribution in [0.1, 0.15) is 31.4 Å². The number of benzene rings is 2. The Labute approximate surface area is 214 Å². The molecule has 0 aromatic heterocycles. The zero-order valence-corrected chi connectivity index (χ0v) is 20.7. The van der Waals surface area contributed by atoms with E-state index in [0.29, 0.717) is 5.56 Å². The highest BCUT2D eigenvalue weighted by Gasteiger charge is 2.29. The Bertz CT molecular complexity index is 1090. The summed E-state index contributed by atoms with van der Waals surface area (Å²) in [6, 6.07) is 10.6. The molecular weight excluding hydrogens is 481 g/mol. The van der Waals surface area contributed by atoms with Crippen LogP contribution in [0.4, 0.5) is 4.39 Å². The van der Waals surface area contributed by atoms with Gasteiger partial charge in [-0.1, -0.05) is 56.3 Å². The van der Waals surface area contributed by atoms with Crippen LogP contribution in [0.2, 0.25) is 0 Å². The second-order valence-electron chi connectivity index (χ2n) is 8.91. The third-order valence-electron chi connectivity index (χ3n) is 5.35. The lowest BCUT2D eigenvalue weighted by Gasteiger charge is -2.24. The number of nitrogens with one attached hydrogen (secondary N) is 3. The lowest BCUT2D eigenvalue weighted by atomic mass is 10.0. The molecule has 0 aliphatic heterocycles. The first-order valence-corrected chi connectivity index (χ1v) is 11.8. The average Bonchev–Trinajstić information content (AvgIpc) is 2.86. The van der Waals surface area contributed by atoms with Gasteiger partial charge in [-0.05, 0) is 41.7 Å². The largest absolute Gasteiger partial charge is 0.480 e. The molecule has 3 atom stereocenters. The van der Waals surface area contributed by atoms with Crippen LogP contribution in [-0.4, -0.2) is 58.6 Å². The predicted molar refractivity (Wildman–Crippen MR) is 136 cm³/mol. The smallest absolute Gasteiger partial charge is 0.326 e. The summed E-state index contributed by atoms with van der Waals surface area (Å²) in [5.41, 5.74) is 1.31. The summed E-state index contributed by atoms with van der Waals surface area (Å²) in [7, 11) is 0. The van der Waals surface area contributed by atoms with Gasteiger partial charge in [-0.3, -0.25) is 14.4 Å². The van der Waals surface area contributed by atoms with E-state index in [2.05, 4.69) is 16.0 Å². The van der Waals surface area contributed by atoms with E-state index in [-0.39, 0.29) is 18.8 Å². The molecule has 0 fully saturated rings. The molecule has 2 rings (SSSR count). The lowest BCUT2D eigenvalue weighted by Crippen LogP contribution is -2.57. The minimum atomic E-state index is -1.42. The van der Waals surface area contributed by atoms with Crippen molar-refractivity contribution in [2.75, 3.05) is 6.61 Å². The van der Waals surface area contributed by atoms with Crippen molar-refractivity contribution in [3.8, 4) is 0 Å². The number of halogens is 1. The molecule has 5 N–H and O–H groups in total. The fourth-order valence-electron chi connectivity index (χ4n) is 3.46. The molecule has 0 aliphatic rings. The standard InChI is InChI=1S/C27H32FN3O6/c1-17(2)14-22(27(36)37)30-26(35)23(16-32)31-25(34)21(15-19-6-4-3-5-7-19)29-24(33)13-10-18-8-11-20(28)12-9-18/h3-13,17,21-23,32H,14-16H2,1-2H3,(H,29,33)(H,30,35)(H,31,34)(H,36,37)/b13-10+/t21-,22-,23-/m0/s1. The first-order chi connectivity index (χ1) is 17.6. The summed E-state index contributed by atoms with van der Waals surface area (Å²) in [4.78, 5) is 49.7. The molecule has 0 radical (unpaired) electrons. The van der Waals surface area contributed by atoms with Crippen LogP contribution >= 0.6 is 0 Å². The van der Waals surface area contributed by atoms with Crippen molar-refractivity contribution in [1.82, 2.24) is 16.0 Å².